The maximum Gasteiger partial charge on any atom is 0.0669 e. The molecule has 0 saturated heterocycles. The van der Waals surface area contributed by atoms with E-state index in [0.717, 1.165) is 32.4 Å². The summed E-state index contributed by atoms with van der Waals surface area (Å²) in [4.78, 5) is 0. The van der Waals surface area contributed by atoms with Crippen LogP contribution in [0.25, 0.3) is 0 Å². The lowest BCUT2D eigenvalue weighted by atomic mass is 10.1. The van der Waals surface area contributed by atoms with Crippen LogP contribution >= 0.6 is 0 Å². The summed E-state index contributed by atoms with van der Waals surface area (Å²) in [7, 11) is 0. The van der Waals surface area contributed by atoms with Gasteiger partial charge >= 0.3 is 0 Å². The number of nitrogens with one attached hydrogen (secondary N) is 1. The van der Waals surface area contributed by atoms with Crippen LogP contribution in [0.4, 0.5) is 0 Å². The van der Waals surface area contributed by atoms with Crippen molar-refractivity contribution in [3.05, 3.63) is 17.0 Å². The van der Waals surface area contributed by atoms with E-state index in [0.29, 0.717) is 12.0 Å². The van der Waals surface area contributed by atoms with Crippen LogP contribution in [0.1, 0.15) is 71.0 Å². The molecule has 0 aliphatic carbocycles. The Morgan fingerprint density at radius 2 is 1.79 bits per heavy atom. The Kier molecular flexibility index (Phi) is 6.56. The quantitative estimate of drug-likeness (QED) is 0.776. The van der Waals surface area contributed by atoms with Gasteiger partial charge in [0.05, 0.1) is 5.69 Å². The molecule has 1 heterocycles. The topological polar surface area (TPSA) is 29.9 Å². The van der Waals surface area contributed by atoms with Gasteiger partial charge in [-0.25, -0.2) is 0 Å². The average molecular weight is 265 g/mol. The molecule has 0 saturated carbocycles. The van der Waals surface area contributed by atoms with E-state index in [9.17, 15) is 0 Å². The second-order valence-corrected chi connectivity index (χ2v) is 5.81. The average Bonchev–Trinajstić information content (AvgIpc) is 2.75. The molecule has 110 valence electrons. The molecule has 0 aliphatic rings. The summed E-state index contributed by atoms with van der Waals surface area (Å²) in [6.07, 6.45) is 3.22. The number of hydrogen-bond acceptors (Lipinski definition) is 2. The lowest BCUT2D eigenvalue weighted by Crippen LogP contribution is -2.20. The molecule has 0 aliphatic heterocycles. The monoisotopic (exact) mass is 265 g/mol. The summed E-state index contributed by atoms with van der Waals surface area (Å²) >= 11 is 0. The minimum atomic E-state index is 0.499. The largest absolute Gasteiger partial charge is 0.312 e. The van der Waals surface area contributed by atoms with Gasteiger partial charge in [0.2, 0.25) is 0 Å². The van der Waals surface area contributed by atoms with Gasteiger partial charge in [-0.15, -0.1) is 0 Å². The molecule has 1 unspecified atom stereocenters. The van der Waals surface area contributed by atoms with Crippen LogP contribution < -0.4 is 5.32 Å². The van der Waals surface area contributed by atoms with Crippen molar-refractivity contribution in [2.24, 2.45) is 5.92 Å². The standard InChI is InChI=1S/C16H31N3/c1-7-13(6)19-16(9-3)14(15(8-2)18-19)11-17-10-12(4)5/h12-13,17H,7-11H2,1-6H3. The summed E-state index contributed by atoms with van der Waals surface area (Å²) < 4.78 is 2.26. The van der Waals surface area contributed by atoms with Crippen LogP contribution in [0, 0.1) is 5.92 Å². The lowest BCUT2D eigenvalue weighted by Gasteiger charge is -2.14. The highest BCUT2D eigenvalue weighted by molar-refractivity contribution is 5.27. The van der Waals surface area contributed by atoms with Gasteiger partial charge in [-0.2, -0.15) is 5.10 Å². The van der Waals surface area contributed by atoms with Crippen LogP contribution in [0.3, 0.4) is 0 Å². The van der Waals surface area contributed by atoms with E-state index in [4.69, 9.17) is 5.10 Å². The maximum atomic E-state index is 4.84. The highest BCUT2D eigenvalue weighted by Gasteiger charge is 2.17. The summed E-state index contributed by atoms with van der Waals surface area (Å²) in [5.41, 5.74) is 4.13. The molecular formula is C16H31N3. The van der Waals surface area contributed by atoms with Gasteiger partial charge in [-0.1, -0.05) is 34.6 Å². The van der Waals surface area contributed by atoms with Gasteiger partial charge in [0.1, 0.15) is 0 Å². The van der Waals surface area contributed by atoms with Crippen LogP contribution in [0.2, 0.25) is 0 Å². The minimum absolute atomic E-state index is 0.499. The highest BCUT2D eigenvalue weighted by Crippen LogP contribution is 2.21. The zero-order chi connectivity index (χ0) is 14.4. The lowest BCUT2D eigenvalue weighted by molar-refractivity contribution is 0.457. The van der Waals surface area contributed by atoms with E-state index in [-0.39, 0.29) is 0 Å². The van der Waals surface area contributed by atoms with E-state index < -0.39 is 0 Å². The Bertz CT molecular complexity index is 380. The molecule has 0 aromatic carbocycles. The van der Waals surface area contributed by atoms with E-state index in [2.05, 4.69) is 51.5 Å². The van der Waals surface area contributed by atoms with Gasteiger partial charge in [0.25, 0.3) is 0 Å². The predicted octanol–water partition coefficient (Wildman–Crippen LogP) is 3.72. The Hall–Kier alpha value is -0.830. The molecule has 0 amide bonds. The molecule has 1 rings (SSSR count). The van der Waals surface area contributed by atoms with Gasteiger partial charge in [-0.05, 0) is 38.6 Å². The van der Waals surface area contributed by atoms with Crippen molar-refractivity contribution in [1.29, 1.82) is 0 Å². The molecule has 0 bridgehead atoms. The van der Waals surface area contributed by atoms with Crippen molar-refractivity contribution in [3.8, 4) is 0 Å². The van der Waals surface area contributed by atoms with Crippen LogP contribution in [0.15, 0.2) is 0 Å². The number of rotatable bonds is 8. The molecule has 0 radical (unpaired) electrons. The van der Waals surface area contributed by atoms with Crippen molar-refractivity contribution in [1.82, 2.24) is 15.1 Å². The summed E-state index contributed by atoms with van der Waals surface area (Å²) in [5.74, 6) is 0.694. The van der Waals surface area contributed by atoms with E-state index >= 15 is 0 Å². The van der Waals surface area contributed by atoms with E-state index in [1.165, 1.54) is 17.0 Å². The molecule has 1 N–H and O–H groups in total. The fraction of sp³-hybridized carbons (Fsp3) is 0.812. The Morgan fingerprint density at radius 3 is 2.26 bits per heavy atom. The second kappa shape index (κ2) is 7.68. The second-order valence-electron chi connectivity index (χ2n) is 5.81. The number of aryl methyl sites for hydroxylation is 1. The smallest absolute Gasteiger partial charge is 0.0669 e. The zero-order valence-corrected chi connectivity index (χ0v) is 13.6. The molecular weight excluding hydrogens is 234 g/mol. The zero-order valence-electron chi connectivity index (χ0n) is 13.6. The van der Waals surface area contributed by atoms with Gasteiger partial charge in [0.15, 0.2) is 0 Å². The van der Waals surface area contributed by atoms with Crippen molar-refractivity contribution in [2.75, 3.05) is 6.54 Å². The Morgan fingerprint density at radius 1 is 1.11 bits per heavy atom. The first-order valence-electron chi connectivity index (χ1n) is 7.84. The van der Waals surface area contributed by atoms with Crippen molar-refractivity contribution >= 4 is 0 Å². The van der Waals surface area contributed by atoms with Crippen molar-refractivity contribution < 1.29 is 0 Å². The minimum Gasteiger partial charge on any atom is -0.312 e. The van der Waals surface area contributed by atoms with Gasteiger partial charge in [-0.3, -0.25) is 4.68 Å². The first-order chi connectivity index (χ1) is 9.04. The van der Waals surface area contributed by atoms with Gasteiger partial charge in [0, 0.05) is 23.8 Å². The molecule has 1 atom stereocenters. The summed E-state index contributed by atoms with van der Waals surface area (Å²) in [6.45, 7) is 15.5. The Balaban J connectivity index is 2.96. The SMILES string of the molecule is CCc1nn(C(C)CC)c(CC)c1CNCC(C)C. The van der Waals surface area contributed by atoms with Crippen LogP contribution in [-0.2, 0) is 19.4 Å². The highest BCUT2D eigenvalue weighted by atomic mass is 15.3. The number of nitrogens with zero attached hydrogens (tertiary/aromatic N) is 2. The summed E-state index contributed by atoms with van der Waals surface area (Å²) in [5, 5.41) is 8.41. The first-order valence-corrected chi connectivity index (χ1v) is 7.84. The number of hydrogen-bond donors (Lipinski definition) is 1. The van der Waals surface area contributed by atoms with Crippen LogP contribution in [-0.4, -0.2) is 16.3 Å². The molecule has 3 nitrogen and oxygen atoms in total. The van der Waals surface area contributed by atoms with Crippen molar-refractivity contribution in [2.45, 2.75) is 73.4 Å². The van der Waals surface area contributed by atoms with Crippen LogP contribution in [0.5, 0.6) is 0 Å². The number of aromatic nitrogens is 2. The molecule has 0 fully saturated rings. The first kappa shape index (κ1) is 16.2. The Labute approximate surface area is 118 Å². The fourth-order valence-corrected chi connectivity index (χ4v) is 2.44. The maximum absolute atomic E-state index is 4.84. The van der Waals surface area contributed by atoms with E-state index in [1.54, 1.807) is 0 Å². The van der Waals surface area contributed by atoms with Crippen molar-refractivity contribution in [3.63, 3.8) is 0 Å². The molecule has 1 aromatic heterocycles. The molecule has 3 heteroatoms. The third kappa shape index (κ3) is 4.07. The summed E-state index contributed by atoms with van der Waals surface area (Å²) in [6, 6.07) is 0.499. The fourth-order valence-electron chi connectivity index (χ4n) is 2.44. The predicted molar refractivity (Wildman–Crippen MR) is 82.5 cm³/mol. The normalized spacial score (nSPS) is 13.2. The third-order valence-corrected chi connectivity index (χ3v) is 3.73. The molecule has 19 heavy (non-hydrogen) atoms. The van der Waals surface area contributed by atoms with E-state index in [1.807, 2.05) is 0 Å². The molecule has 0 spiro atoms. The van der Waals surface area contributed by atoms with Gasteiger partial charge < -0.3 is 5.32 Å². The third-order valence-electron chi connectivity index (χ3n) is 3.73. The molecule has 1 aromatic rings.